The van der Waals surface area contributed by atoms with Gasteiger partial charge in [0.25, 0.3) is 0 Å². The topological polar surface area (TPSA) is 78.4 Å². The minimum Gasteiger partial charge on any atom is -0.330 e. The van der Waals surface area contributed by atoms with Crippen molar-refractivity contribution in [1.29, 1.82) is 0 Å². The SMILES string of the molecule is CCCCCCCC(=O)CCCC(=O)CCCCN(CCCN)CCCNCCCN1CC1. The zero-order valence-corrected chi connectivity index (χ0v) is 21.8. The van der Waals surface area contributed by atoms with Gasteiger partial charge >= 0.3 is 0 Å². The van der Waals surface area contributed by atoms with Crippen LogP contribution in [0, 0.1) is 0 Å². The van der Waals surface area contributed by atoms with Crippen molar-refractivity contribution in [2.24, 2.45) is 5.73 Å². The third-order valence-electron chi connectivity index (χ3n) is 6.52. The average Bonchev–Trinajstić information content (AvgIpc) is 3.63. The molecule has 0 amide bonds. The first-order valence-electron chi connectivity index (χ1n) is 14.0. The third kappa shape index (κ3) is 20.3. The van der Waals surface area contributed by atoms with Crippen LogP contribution in [-0.2, 0) is 9.59 Å². The second kappa shape index (κ2) is 21.7. The van der Waals surface area contributed by atoms with Gasteiger partial charge in [-0.3, -0.25) is 9.59 Å². The van der Waals surface area contributed by atoms with Crippen LogP contribution in [0.4, 0.5) is 0 Å². The van der Waals surface area contributed by atoms with Gasteiger partial charge in [-0.15, -0.1) is 0 Å². The molecule has 6 nitrogen and oxygen atoms in total. The van der Waals surface area contributed by atoms with Crippen molar-refractivity contribution < 1.29 is 9.59 Å². The van der Waals surface area contributed by atoms with E-state index in [0.717, 1.165) is 77.8 Å². The highest BCUT2D eigenvalue weighted by Gasteiger charge is 2.15. The van der Waals surface area contributed by atoms with Crippen molar-refractivity contribution in [3.8, 4) is 0 Å². The van der Waals surface area contributed by atoms with Crippen molar-refractivity contribution in [3.05, 3.63) is 0 Å². The molecule has 0 aliphatic carbocycles. The molecule has 1 fully saturated rings. The maximum Gasteiger partial charge on any atom is 0.132 e. The number of nitrogens with two attached hydrogens (primary N) is 1. The molecule has 1 heterocycles. The molecular weight excluding hydrogens is 412 g/mol. The van der Waals surface area contributed by atoms with Crippen LogP contribution in [0.1, 0.15) is 103 Å². The summed E-state index contributed by atoms with van der Waals surface area (Å²) in [6.45, 7) is 12.2. The summed E-state index contributed by atoms with van der Waals surface area (Å²) in [5.74, 6) is 0.663. The van der Waals surface area contributed by atoms with E-state index in [1.54, 1.807) is 0 Å². The third-order valence-corrected chi connectivity index (χ3v) is 6.52. The number of nitrogens with one attached hydrogen (secondary N) is 1. The van der Waals surface area contributed by atoms with E-state index in [2.05, 4.69) is 22.0 Å². The summed E-state index contributed by atoms with van der Waals surface area (Å²) in [6.07, 6.45) is 14.6. The molecule has 194 valence electrons. The lowest BCUT2D eigenvalue weighted by Crippen LogP contribution is -2.31. The maximum atomic E-state index is 12.2. The second-order valence-corrected chi connectivity index (χ2v) is 9.83. The number of hydrogen-bond acceptors (Lipinski definition) is 6. The van der Waals surface area contributed by atoms with Gasteiger partial charge in [-0.1, -0.05) is 32.6 Å². The van der Waals surface area contributed by atoms with E-state index >= 15 is 0 Å². The second-order valence-electron chi connectivity index (χ2n) is 9.83. The highest BCUT2D eigenvalue weighted by molar-refractivity contribution is 5.81. The van der Waals surface area contributed by atoms with Gasteiger partial charge in [-0.2, -0.15) is 0 Å². The van der Waals surface area contributed by atoms with Crippen molar-refractivity contribution in [2.45, 2.75) is 103 Å². The standard InChI is InChI=1S/C27H54N4O2/c1-2-3-4-5-6-13-26(32)15-9-16-27(33)14-7-8-20-30(21-10-17-28)22-11-18-29-19-12-23-31-24-25-31/h29H,2-25,28H2,1H3. The quantitative estimate of drug-likeness (QED) is 0.147. The van der Waals surface area contributed by atoms with E-state index in [4.69, 9.17) is 5.73 Å². The van der Waals surface area contributed by atoms with Gasteiger partial charge in [0.2, 0.25) is 0 Å². The molecule has 0 saturated carbocycles. The fraction of sp³-hybridized carbons (Fsp3) is 0.926. The van der Waals surface area contributed by atoms with Crippen LogP contribution in [0.25, 0.3) is 0 Å². The molecule has 0 bridgehead atoms. The molecule has 1 aliphatic heterocycles. The van der Waals surface area contributed by atoms with Crippen molar-refractivity contribution in [2.75, 3.05) is 58.9 Å². The van der Waals surface area contributed by atoms with E-state index in [9.17, 15) is 9.59 Å². The molecule has 1 saturated heterocycles. The summed E-state index contributed by atoms with van der Waals surface area (Å²) in [4.78, 5) is 29.1. The molecule has 33 heavy (non-hydrogen) atoms. The minimum absolute atomic E-state index is 0.325. The van der Waals surface area contributed by atoms with E-state index in [1.807, 2.05) is 0 Å². The molecule has 0 spiro atoms. The molecule has 1 rings (SSSR count). The number of hydrogen-bond donors (Lipinski definition) is 2. The Hall–Kier alpha value is -0.820. The molecule has 0 aromatic heterocycles. The van der Waals surface area contributed by atoms with E-state index in [-0.39, 0.29) is 0 Å². The molecule has 1 aliphatic rings. The fourth-order valence-corrected chi connectivity index (χ4v) is 4.24. The average molecular weight is 467 g/mol. The van der Waals surface area contributed by atoms with Crippen LogP contribution in [0.3, 0.4) is 0 Å². The lowest BCUT2D eigenvalue weighted by atomic mass is 10.0. The van der Waals surface area contributed by atoms with Crippen LogP contribution < -0.4 is 11.1 Å². The first-order valence-corrected chi connectivity index (χ1v) is 14.0. The lowest BCUT2D eigenvalue weighted by molar-refractivity contribution is -0.120. The Morgan fingerprint density at radius 1 is 0.727 bits per heavy atom. The molecule has 0 unspecified atom stereocenters. The number of nitrogens with zero attached hydrogens (tertiary/aromatic N) is 2. The van der Waals surface area contributed by atoms with Crippen LogP contribution in [0.15, 0.2) is 0 Å². The lowest BCUT2D eigenvalue weighted by Gasteiger charge is -2.22. The Bertz CT molecular complexity index is 483. The number of ketones is 2. The van der Waals surface area contributed by atoms with Crippen LogP contribution in [-0.4, -0.2) is 80.3 Å². The van der Waals surface area contributed by atoms with Gasteiger partial charge < -0.3 is 20.9 Å². The fourth-order valence-electron chi connectivity index (χ4n) is 4.24. The summed E-state index contributed by atoms with van der Waals surface area (Å²) in [6, 6.07) is 0. The highest BCUT2D eigenvalue weighted by atomic mass is 16.1. The number of Topliss-reactive ketones (excluding diaryl/α,β-unsaturated/α-hetero) is 2. The van der Waals surface area contributed by atoms with Gasteiger partial charge in [0.15, 0.2) is 0 Å². The summed E-state index contributed by atoms with van der Waals surface area (Å²) in [7, 11) is 0. The van der Waals surface area contributed by atoms with Crippen molar-refractivity contribution >= 4 is 11.6 Å². The van der Waals surface area contributed by atoms with Crippen molar-refractivity contribution in [1.82, 2.24) is 15.1 Å². The Morgan fingerprint density at radius 3 is 1.97 bits per heavy atom. The predicted molar refractivity (Wildman–Crippen MR) is 140 cm³/mol. The van der Waals surface area contributed by atoms with Gasteiger partial charge in [-0.05, 0) is 90.8 Å². The molecule has 0 aromatic carbocycles. The van der Waals surface area contributed by atoms with Crippen LogP contribution in [0.2, 0.25) is 0 Å². The smallest absolute Gasteiger partial charge is 0.132 e. The normalized spacial score (nSPS) is 13.7. The minimum atomic E-state index is 0.325. The Morgan fingerprint density at radius 2 is 1.30 bits per heavy atom. The van der Waals surface area contributed by atoms with Gasteiger partial charge in [0.05, 0.1) is 0 Å². The summed E-state index contributed by atoms with van der Waals surface area (Å²) in [5, 5.41) is 3.56. The molecule has 6 heteroatoms. The molecule has 0 atom stereocenters. The van der Waals surface area contributed by atoms with E-state index < -0.39 is 0 Å². The molecule has 0 aromatic rings. The van der Waals surface area contributed by atoms with Crippen LogP contribution >= 0.6 is 0 Å². The first-order chi connectivity index (χ1) is 16.2. The maximum absolute atomic E-state index is 12.2. The Balaban J connectivity index is 1.98. The zero-order chi connectivity index (χ0) is 24.0. The largest absolute Gasteiger partial charge is 0.330 e. The molecule has 3 N–H and O–H groups in total. The Kier molecular flexibility index (Phi) is 19.9. The monoisotopic (exact) mass is 466 g/mol. The number of unbranched alkanes of at least 4 members (excludes halogenated alkanes) is 5. The van der Waals surface area contributed by atoms with Gasteiger partial charge in [-0.25, -0.2) is 0 Å². The van der Waals surface area contributed by atoms with Gasteiger partial charge in [0.1, 0.15) is 11.6 Å². The first kappa shape index (κ1) is 30.2. The zero-order valence-electron chi connectivity index (χ0n) is 21.8. The summed E-state index contributed by atoms with van der Waals surface area (Å²) < 4.78 is 0. The number of rotatable bonds is 26. The predicted octanol–water partition coefficient (Wildman–Crippen LogP) is 4.16. The molecule has 0 radical (unpaired) electrons. The summed E-state index contributed by atoms with van der Waals surface area (Å²) in [5.41, 5.74) is 5.71. The van der Waals surface area contributed by atoms with Crippen molar-refractivity contribution in [3.63, 3.8) is 0 Å². The number of carbonyl (C=O) groups excluding carboxylic acids is 2. The Labute approximate surface area is 204 Å². The number of carbonyl (C=O) groups is 2. The van der Waals surface area contributed by atoms with E-state index in [1.165, 1.54) is 51.7 Å². The highest BCUT2D eigenvalue weighted by Crippen LogP contribution is 2.10. The summed E-state index contributed by atoms with van der Waals surface area (Å²) >= 11 is 0. The van der Waals surface area contributed by atoms with E-state index in [0.29, 0.717) is 37.2 Å². The van der Waals surface area contributed by atoms with Crippen LogP contribution in [0.5, 0.6) is 0 Å². The molecular formula is C27H54N4O2. The van der Waals surface area contributed by atoms with Gasteiger partial charge in [0, 0.05) is 38.8 Å².